The SMILES string of the molecule is N[C@@H]1C[C@H](N)[C@@H](OCc2cn(CCC(=O)Nc3ccc(Cc4ccc(NC(=O)CCn5cc(CO[C@H]6[C@H](O)[C@@H](O)[C@H](N)C[C@@H]6N)nn5)cc4)cc3)nn2)[C@H](O)[C@H]1O. The number of aromatic nitrogens is 6. The Labute approximate surface area is 328 Å². The Balaban J connectivity index is 0.871. The number of hydrogen-bond acceptors (Lipinski definition) is 16. The maximum atomic E-state index is 12.6. The predicted octanol–water partition coefficient (Wildman–Crippen LogP) is -2.15. The molecule has 10 atom stereocenters. The van der Waals surface area contributed by atoms with Crippen molar-refractivity contribution in [2.24, 2.45) is 22.9 Å². The van der Waals surface area contributed by atoms with Gasteiger partial charge < -0.3 is 63.5 Å². The normalized spacial score (nSPS) is 27.6. The molecule has 4 aromatic rings. The molecule has 2 heterocycles. The second-order valence-electron chi connectivity index (χ2n) is 14.8. The first-order valence-electron chi connectivity index (χ1n) is 18.9. The Kier molecular flexibility index (Phi) is 14.1. The number of amides is 2. The summed E-state index contributed by atoms with van der Waals surface area (Å²) in [6.07, 6.45) is -1.34. The molecule has 2 saturated carbocycles. The van der Waals surface area contributed by atoms with E-state index in [1.165, 1.54) is 9.36 Å². The molecule has 0 aliphatic heterocycles. The molecule has 6 rings (SSSR count). The van der Waals surface area contributed by atoms with Gasteiger partial charge in [-0.2, -0.15) is 0 Å². The number of rotatable bonds is 16. The summed E-state index contributed by atoms with van der Waals surface area (Å²) in [5, 5.41) is 62.6. The van der Waals surface area contributed by atoms with Crippen molar-refractivity contribution in [1.29, 1.82) is 0 Å². The summed E-state index contributed by atoms with van der Waals surface area (Å²) < 4.78 is 14.5. The molecule has 2 fully saturated rings. The molecule has 20 heteroatoms. The third-order valence-corrected chi connectivity index (χ3v) is 10.2. The standard InChI is InChI=1S/C37H52N12O8/c38-26-14-28(40)36(34(54)32(26)52)56-18-24-16-48(46-44-24)11-9-30(50)42-22-5-1-20(2-6-22)13-21-3-7-23(8-4-21)43-31(51)10-12-49-17-25(45-47-49)19-57-37-29(41)15-27(39)33(53)35(37)55/h1-8,16-17,26-29,32-37,52-55H,9-15,18-19,38-41H2,(H,42,50)(H,43,51)/t26-,27-,28+,29+,32+,33+,34-,35-,36-,37-/m1/s1. The van der Waals surface area contributed by atoms with Crippen molar-refractivity contribution < 1.29 is 39.5 Å². The molecule has 2 aliphatic rings. The molecule has 2 aromatic carbocycles. The first-order valence-corrected chi connectivity index (χ1v) is 18.9. The van der Waals surface area contributed by atoms with Crippen LogP contribution in [-0.2, 0) is 51.8 Å². The van der Waals surface area contributed by atoms with Gasteiger partial charge in [-0.3, -0.25) is 19.0 Å². The van der Waals surface area contributed by atoms with Gasteiger partial charge in [0, 0.05) is 48.4 Å². The van der Waals surface area contributed by atoms with E-state index in [9.17, 15) is 30.0 Å². The van der Waals surface area contributed by atoms with Gasteiger partial charge in [0.2, 0.25) is 11.8 Å². The van der Waals surface area contributed by atoms with Crippen LogP contribution in [-0.4, -0.2) is 123 Å². The molecule has 0 saturated heterocycles. The van der Waals surface area contributed by atoms with Crippen LogP contribution in [0.3, 0.4) is 0 Å². The zero-order valence-electron chi connectivity index (χ0n) is 31.3. The van der Waals surface area contributed by atoms with Crippen molar-refractivity contribution in [1.82, 2.24) is 30.0 Å². The van der Waals surface area contributed by atoms with Gasteiger partial charge >= 0.3 is 0 Å². The summed E-state index contributed by atoms with van der Waals surface area (Å²) >= 11 is 0. The molecule has 57 heavy (non-hydrogen) atoms. The number of nitrogens with one attached hydrogen (secondary N) is 2. The van der Waals surface area contributed by atoms with Crippen molar-refractivity contribution in [3.05, 3.63) is 83.4 Å². The molecule has 308 valence electrons. The van der Waals surface area contributed by atoms with E-state index in [1.54, 1.807) is 12.4 Å². The lowest BCUT2D eigenvalue weighted by molar-refractivity contribution is -0.132. The Hall–Kier alpha value is -4.74. The Bertz CT molecular complexity index is 1770. The van der Waals surface area contributed by atoms with E-state index >= 15 is 0 Å². The second-order valence-corrected chi connectivity index (χ2v) is 14.8. The monoisotopic (exact) mass is 792 g/mol. The van der Waals surface area contributed by atoms with Crippen molar-refractivity contribution in [2.45, 2.75) is 119 Å². The average Bonchev–Trinajstić information content (AvgIpc) is 3.85. The Morgan fingerprint density at radius 1 is 0.614 bits per heavy atom. The molecule has 0 radical (unpaired) electrons. The minimum absolute atomic E-state index is 0.0267. The molecule has 2 amide bonds. The summed E-state index contributed by atoms with van der Waals surface area (Å²) in [5.74, 6) is -0.386. The zero-order chi connectivity index (χ0) is 40.6. The molecule has 0 unspecified atom stereocenters. The minimum Gasteiger partial charge on any atom is -0.389 e. The van der Waals surface area contributed by atoms with Crippen LogP contribution in [0.2, 0.25) is 0 Å². The van der Waals surface area contributed by atoms with Gasteiger partial charge in [-0.25, -0.2) is 0 Å². The molecular formula is C37H52N12O8. The summed E-state index contributed by atoms with van der Waals surface area (Å²) in [6.45, 7) is 0.635. The van der Waals surface area contributed by atoms with Crippen LogP contribution in [0.15, 0.2) is 60.9 Å². The van der Waals surface area contributed by atoms with E-state index in [2.05, 4.69) is 31.3 Å². The topological polar surface area (TPSA) is 323 Å². The number of carbonyl (C=O) groups excluding carboxylic acids is 2. The number of benzene rings is 2. The predicted molar refractivity (Wildman–Crippen MR) is 205 cm³/mol. The second kappa shape index (κ2) is 19.1. The first kappa shape index (κ1) is 41.9. The number of aliphatic hydroxyl groups excluding tert-OH is 4. The lowest BCUT2D eigenvalue weighted by atomic mass is 9.85. The molecule has 20 nitrogen and oxygen atoms in total. The highest BCUT2D eigenvalue weighted by Gasteiger charge is 2.42. The molecule has 14 N–H and O–H groups in total. The maximum absolute atomic E-state index is 12.6. The summed E-state index contributed by atoms with van der Waals surface area (Å²) in [5.41, 5.74) is 28.1. The van der Waals surface area contributed by atoms with Gasteiger partial charge in [0.25, 0.3) is 0 Å². The largest absolute Gasteiger partial charge is 0.389 e. The van der Waals surface area contributed by atoms with E-state index in [-0.39, 0.29) is 37.9 Å². The molecular weight excluding hydrogens is 740 g/mol. The zero-order valence-corrected chi connectivity index (χ0v) is 31.3. The third kappa shape index (κ3) is 11.2. The Morgan fingerprint density at radius 2 is 1.00 bits per heavy atom. The highest BCUT2D eigenvalue weighted by molar-refractivity contribution is 5.91. The fraction of sp³-hybridized carbons (Fsp3) is 0.514. The highest BCUT2D eigenvalue weighted by Crippen LogP contribution is 2.23. The number of nitrogens with zero attached hydrogens (tertiary/aromatic N) is 6. The smallest absolute Gasteiger partial charge is 0.226 e. The minimum atomic E-state index is -1.20. The fourth-order valence-electron chi connectivity index (χ4n) is 6.94. The van der Waals surface area contributed by atoms with Crippen LogP contribution in [0.1, 0.15) is 48.2 Å². The number of aryl methyl sites for hydroxylation is 2. The van der Waals surface area contributed by atoms with Gasteiger partial charge in [-0.15, -0.1) is 10.2 Å². The van der Waals surface area contributed by atoms with Gasteiger partial charge in [0.05, 0.1) is 50.9 Å². The van der Waals surface area contributed by atoms with E-state index < -0.39 is 60.8 Å². The van der Waals surface area contributed by atoms with Gasteiger partial charge in [0.1, 0.15) is 35.8 Å². The summed E-state index contributed by atoms with van der Waals surface area (Å²) in [4.78, 5) is 25.3. The van der Waals surface area contributed by atoms with Crippen molar-refractivity contribution in [3.8, 4) is 0 Å². The quantitative estimate of drug-likeness (QED) is 0.0578. The van der Waals surface area contributed by atoms with E-state index in [1.807, 2.05) is 48.5 Å². The first-order chi connectivity index (χ1) is 27.3. The van der Waals surface area contributed by atoms with Gasteiger partial charge in [0.15, 0.2) is 0 Å². The highest BCUT2D eigenvalue weighted by atomic mass is 16.5. The van der Waals surface area contributed by atoms with Crippen molar-refractivity contribution in [2.75, 3.05) is 10.6 Å². The fourth-order valence-corrected chi connectivity index (χ4v) is 6.94. The van der Waals surface area contributed by atoms with Crippen molar-refractivity contribution in [3.63, 3.8) is 0 Å². The number of carbonyl (C=O) groups is 2. The van der Waals surface area contributed by atoms with E-state index in [0.29, 0.717) is 55.1 Å². The Morgan fingerprint density at radius 3 is 1.39 bits per heavy atom. The molecule has 0 bridgehead atoms. The van der Waals surface area contributed by atoms with Crippen molar-refractivity contribution >= 4 is 23.2 Å². The number of aliphatic hydroxyl groups is 4. The number of anilines is 2. The number of nitrogens with two attached hydrogens (primary N) is 4. The van der Waals surface area contributed by atoms with Crippen LogP contribution < -0.4 is 33.6 Å². The molecule has 2 aliphatic carbocycles. The van der Waals surface area contributed by atoms with Gasteiger partial charge in [-0.1, -0.05) is 34.7 Å². The van der Waals surface area contributed by atoms with Gasteiger partial charge in [-0.05, 0) is 54.7 Å². The molecule has 2 aromatic heterocycles. The van der Waals surface area contributed by atoms with Crippen LogP contribution in [0, 0.1) is 0 Å². The average molecular weight is 793 g/mol. The summed E-state index contributed by atoms with van der Waals surface area (Å²) in [6, 6.07) is 12.8. The van der Waals surface area contributed by atoms with E-state index in [0.717, 1.165) is 11.1 Å². The third-order valence-electron chi connectivity index (χ3n) is 10.2. The lowest BCUT2D eigenvalue weighted by Crippen LogP contribution is -2.61. The van der Waals surface area contributed by atoms with Crippen LogP contribution in [0.4, 0.5) is 11.4 Å². The van der Waals surface area contributed by atoms with Crippen LogP contribution in [0.5, 0.6) is 0 Å². The maximum Gasteiger partial charge on any atom is 0.226 e. The van der Waals surface area contributed by atoms with E-state index in [4.69, 9.17) is 32.4 Å². The lowest BCUT2D eigenvalue weighted by Gasteiger charge is -2.39. The van der Waals surface area contributed by atoms with Crippen LogP contribution in [0.25, 0.3) is 0 Å². The number of hydrogen-bond donors (Lipinski definition) is 10. The number of ether oxygens (including phenoxy) is 2. The molecule has 0 spiro atoms. The van der Waals surface area contributed by atoms with Crippen LogP contribution >= 0.6 is 0 Å². The summed E-state index contributed by atoms with van der Waals surface area (Å²) in [7, 11) is 0.